The van der Waals surface area contributed by atoms with Gasteiger partial charge in [-0.05, 0) is 12.8 Å². The maximum absolute atomic E-state index is 10.2. The van der Waals surface area contributed by atoms with Gasteiger partial charge in [-0.15, -0.1) is 0 Å². The van der Waals surface area contributed by atoms with E-state index >= 15 is 0 Å². The van der Waals surface area contributed by atoms with E-state index in [1.807, 2.05) is 12.2 Å². The lowest BCUT2D eigenvalue weighted by atomic mass is 10.1. The summed E-state index contributed by atoms with van der Waals surface area (Å²) < 4.78 is 0. The minimum absolute atomic E-state index is 0.104. The molecular formula is C9H17NO2. The molecule has 0 aromatic heterocycles. The lowest BCUT2D eigenvalue weighted by molar-refractivity contribution is -0.137. The van der Waals surface area contributed by atoms with E-state index in [0.717, 1.165) is 12.8 Å². The zero-order valence-electron chi connectivity index (χ0n) is 7.49. The Balaban J connectivity index is 3.44. The molecule has 70 valence electrons. The Kier molecular flexibility index (Phi) is 6.38. The molecule has 0 rings (SSSR count). The maximum Gasteiger partial charge on any atom is 0.303 e. The minimum Gasteiger partial charge on any atom is -0.481 e. The number of carbonyl (C=O) groups is 1. The van der Waals surface area contributed by atoms with Gasteiger partial charge in [0.15, 0.2) is 0 Å². The molecule has 0 saturated heterocycles. The molecule has 1 unspecified atom stereocenters. The van der Waals surface area contributed by atoms with Crippen molar-refractivity contribution >= 4 is 5.97 Å². The van der Waals surface area contributed by atoms with Crippen LogP contribution in [0.3, 0.4) is 0 Å². The molecule has 0 aromatic carbocycles. The van der Waals surface area contributed by atoms with E-state index < -0.39 is 5.97 Å². The SMILES string of the molecule is CCC/C=C/C(N)CCC(=O)O. The van der Waals surface area contributed by atoms with E-state index in [1.54, 1.807) is 0 Å². The van der Waals surface area contributed by atoms with Crippen molar-refractivity contribution in [1.82, 2.24) is 0 Å². The first-order chi connectivity index (χ1) is 5.66. The number of nitrogens with two attached hydrogens (primary N) is 1. The molecule has 3 N–H and O–H groups in total. The van der Waals surface area contributed by atoms with Crippen LogP contribution in [0.15, 0.2) is 12.2 Å². The highest BCUT2D eigenvalue weighted by atomic mass is 16.4. The third-order valence-electron chi connectivity index (χ3n) is 1.53. The van der Waals surface area contributed by atoms with Crippen molar-refractivity contribution in [3.05, 3.63) is 12.2 Å². The van der Waals surface area contributed by atoms with Crippen LogP contribution in [-0.2, 0) is 4.79 Å². The van der Waals surface area contributed by atoms with Crippen LogP contribution in [-0.4, -0.2) is 17.1 Å². The second-order valence-electron chi connectivity index (χ2n) is 2.81. The molecular weight excluding hydrogens is 154 g/mol. The quantitative estimate of drug-likeness (QED) is 0.596. The van der Waals surface area contributed by atoms with Gasteiger partial charge in [0, 0.05) is 12.5 Å². The van der Waals surface area contributed by atoms with Crippen LogP contribution in [0.2, 0.25) is 0 Å². The van der Waals surface area contributed by atoms with E-state index in [-0.39, 0.29) is 12.5 Å². The minimum atomic E-state index is -0.783. The first-order valence-electron chi connectivity index (χ1n) is 4.30. The van der Waals surface area contributed by atoms with Gasteiger partial charge in [0.25, 0.3) is 0 Å². The molecule has 12 heavy (non-hydrogen) atoms. The molecule has 0 aliphatic rings. The number of carboxylic acids is 1. The molecule has 0 radical (unpaired) electrons. The van der Waals surface area contributed by atoms with Gasteiger partial charge in [0.2, 0.25) is 0 Å². The molecule has 3 heteroatoms. The van der Waals surface area contributed by atoms with Crippen molar-refractivity contribution in [1.29, 1.82) is 0 Å². The van der Waals surface area contributed by atoms with Crippen LogP contribution in [0.4, 0.5) is 0 Å². The molecule has 0 aliphatic carbocycles. The average molecular weight is 171 g/mol. The van der Waals surface area contributed by atoms with Crippen LogP contribution < -0.4 is 5.73 Å². The summed E-state index contributed by atoms with van der Waals surface area (Å²) in [6, 6.07) is -0.104. The summed E-state index contributed by atoms with van der Waals surface area (Å²) in [5.74, 6) is -0.783. The maximum atomic E-state index is 10.2. The van der Waals surface area contributed by atoms with Crippen molar-refractivity contribution < 1.29 is 9.90 Å². The van der Waals surface area contributed by atoms with Crippen molar-refractivity contribution in [3.8, 4) is 0 Å². The number of unbranched alkanes of at least 4 members (excludes halogenated alkanes) is 1. The number of carboxylic acid groups (broad SMARTS) is 1. The average Bonchev–Trinajstić information content (AvgIpc) is 2.01. The van der Waals surface area contributed by atoms with Crippen LogP contribution in [0, 0.1) is 0 Å². The van der Waals surface area contributed by atoms with Gasteiger partial charge in [-0.25, -0.2) is 0 Å². The highest BCUT2D eigenvalue weighted by molar-refractivity contribution is 5.66. The molecule has 0 saturated carbocycles. The molecule has 0 aliphatic heterocycles. The second kappa shape index (κ2) is 6.85. The highest BCUT2D eigenvalue weighted by Gasteiger charge is 2.00. The summed E-state index contributed by atoms with van der Waals surface area (Å²) in [6.07, 6.45) is 6.68. The third-order valence-corrected chi connectivity index (χ3v) is 1.53. The fourth-order valence-electron chi connectivity index (χ4n) is 0.824. The molecule has 1 atom stereocenters. The molecule has 0 aromatic rings. The van der Waals surface area contributed by atoms with E-state index in [4.69, 9.17) is 10.8 Å². The summed E-state index contributed by atoms with van der Waals surface area (Å²) in [5.41, 5.74) is 5.61. The number of rotatable bonds is 6. The molecule has 0 bridgehead atoms. The summed E-state index contributed by atoms with van der Waals surface area (Å²) in [5, 5.41) is 8.35. The van der Waals surface area contributed by atoms with Gasteiger partial charge in [0.1, 0.15) is 0 Å². The second-order valence-corrected chi connectivity index (χ2v) is 2.81. The normalized spacial score (nSPS) is 13.5. The van der Waals surface area contributed by atoms with Gasteiger partial charge >= 0.3 is 5.97 Å². The largest absolute Gasteiger partial charge is 0.481 e. The van der Waals surface area contributed by atoms with Crippen LogP contribution in [0.5, 0.6) is 0 Å². The summed E-state index contributed by atoms with van der Waals surface area (Å²) in [6.45, 7) is 2.09. The van der Waals surface area contributed by atoms with Crippen molar-refractivity contribution in [3.63, 3.8) is 0 Å². The Bertz CT molecular complexity index is 155. The Labute approximate surface area is 73.3 Å². The van der Waals surface area contributed by atoms with E-state index in [0.29, 0.717) is 6.42 Å². The first-order valence-corrected chi connectivity index (χ1v) is 4.30. The Hall–Kier alpha value is -0.830. The number of hydrogen-bond donors (Lipinski definition) is 2. The van der Waals surface area contributed by atoms with E-state index in [9.17, 15) is 4.79 Å². The predicted molar refractivity (Wildman–Crippen MR) is 48.9 cm³/mol. The Morgan fingerprint density at radius 3 is 2.83 bits per heavy atom. The van der Waals surface area contributed by atoms with Crippen molar-refractivity contribution in [2.24, 2.45) is 5.73 Å². The van der Waals surface area contributed by atoms with Crippen molar-refractivity contribution in [2.45, 2.75) is 38.6 Å². The lowest BCUT2D eigenvalue weighted by Crippen LogP contribution is -2.17. The fourth-order valence-corrected chi connectivity index (χ4v) is 0.824. The van der Waals surface area contributed by atoms with Gasteiger partial charge in [-0.1, -0.05) is 25.5 Å². The Morgan fingerprint density at radius 2 is 2.33 bits per heavy atom. The van der Waals surface area contributed by atoms with Gasteiger partial charge in [0.05, 0.1) is 0 Å². The molecule has 0 fully saturated rings. The topological polar surface area (TPSA) is 63.3 Å². The number of aliphatic carboxylic acids is 1. The highest BCUT2D eigenvalue weighted by Crippen LogP contribution is 1.97. The van der Waals surface area contributed by atoms with Gasteiger partial charge in [-0.3, -0.25) is 4.79 Å². The Morgan fingerprint density at radius 1 is 1.67 bits per heavy atom. The standard InChI is InChI=1S/C9H17NO2/c1-2-3-4-5-8(10)6-7-9(11)12/h4-5,8H,2-3,6-7,10H2,1H3,(H,11,12)/b5-4+. The number of allylic oxidation sites excluding steroid dienone is 1. The molecule has 0 heterocycles. The monoisotopic (exact) mass is 171 g/mol. The fraction of sp³-hybridized carbons (Fsp3) is 0.667. The zero-order chi connectivity index (χ0) is 9.40. The van der Waals surface area contributed by atoms with E-state index in [2.05, 4.69) is 6.92 Å². The predicted octanol–water partition coefficient (Wildman–Crippen LogP) is 1.53. The molecule has 0 amide bonds. The van der Waals surface area contributed by atoms with E-state index in [1.165, 1.54) is 0 Å². The number of hydrogen-bond acceptors (Lipinski definition) is 2. The zero-order valence-corrected chi connectivity index (χ0v) is 7.49. The molecule has 0 spiro atoms. The van der Waals surface area contributed by atoms with Gasteiger partial charge < -0.3 is 10.8 Å². The van der Waals surface area contributed by atoms with Crippen LogP contribution in [0.25, 0.3) is 0 Å². The van der Waals surface area contributed by atoms with Crippen LogP contribution >= 0.6 is 0 Å². The summed E-state index contributed by atoms with van der Waals surface area (Å²) in [7, 11) is 0. The first kappa shape index (κ1) is 11.2. The van der Waals surface area contributed by atoms with Gasteiger partial charge in [-0.2, -0.15) is 0 Å². The van der Waals surface area contributed by atoms with Crippen molar-refractivity contribution in [2.75, 3.05) is 0 Å². The summed E-state index contributed by atoms with van der Waals surface area (Å²) in [4.78, 5) is 10.2. The third kappa shape index (κ3) is 7.28. The van der Waals surface area contributed by atoms with Crippen LogP contribution in [0.1, 0.15) is 32.6 Å². The molecule has 3 nitrogen and oxygen atoms in total. The smallest absolute Gasteiger partial charge is 0.303 e. The summed E-state index contributed by atoms with van der Waals surface area (Å²) >= 11 is 0. The lowest BCUT2D eigenvalue weighted by Gasteiger charge is -2.02.